The number of hydrogen-bond donors (Lipinski definition) is 1. The predicted molar refractivity (Wildman–Crippen MR) is 140 cm³/mol. The first-order valence-corrected chi connectivity index (χ1v) is 12.5. The van der Waals surface area contributed by atoms with Crippen LogP contribution in [-0.4, -0.2) is 40.8 Å². The maximum atomic E-state index is 13.3. The van der Waals surface area contributed by atoms with Crippen molar-refractivity contribution in [3.8, 4) is 6.07 Å². The van der Waals surface area contributed by atoms with Gasteiger partial charge in [0.1, 0.15) is 0 Å². The minimum atomic E-state index is -0.135. The van der Waals surface area contributed by atoms with Gasteiger partial charge in [-0.25, -0.2) is 0 Å². The van der Waals surface area contributed by atoms with Crippen molar-refractivity contribution < 1.29 is 9.59 Å². The van der Waals surface area contributed by atoms with E-state index < -0.39 is 0 Å². The maximum absolute atomic E-state index is 13.3. The molecule has 4 rings (SSSR count). The SMILES string of the molecule is Cc1ccc(C(=O)N2CCC(c3ccc(C#N)cc3)CC2)cc1Cc1cncc(C(=O)NC(C)C)c1. The summed E-state index contributed by atoms with van der Waals surface area (Å²) in [6.45, 7) is 7.32. The highest BCUT2D eigenvalue weighted by Crippen LogP contribution is 2.29. The molecular formula is C30H32N4O2. The number of piperidine rings is 1. The number of aromatic nitrogens is 1. The molecule has 184 valence electrons. The van der Waals surface area contributed by atoms with Crippen LogP contribution < -0.4 is 5.32 Å². The van der Waals surface area contributed by atoms with Gasteiger partial charge in [-0.15, -0.1) is 0 Å². The summed E-state index contributed by atoms with van der Waals surface area (Å²) in [4.78, 5) is 31.9. The highest BCUT2D eigenvalue weighted by molar-refractivity contribution is 5.95. The molecule has 2 aromatic carbocycles. The van der Waals surface area contributed by atoms with Crippen molar-refractivity contribution in [2.24, 2.45) is 0 Å². The molecule has 0 saturated carbocycles. The van der Waals surface area contributed by atoms with Gasteiger partial charge in [-0.2, -0.15) is 5.26 Å². The van der Waals surface area contributed by atoms with Gasteiger partial charge in [-0.1, -0.05) is 18.2 Å². The molecule has 1 aliphatic rings. The fourth-order valence-corrected chi connectivity index (χ4v) is 4.70. The summed E-state index contributed by atoms with van der Waals surface area (Å²) in [5.74, 6) is 0.324. The lowest BCUT2D eigenvalue weighted by Gasteiger charge is -2.32. The lowest BCUT2D eigenvalue weighted by atomic mass is 9.88. The standard InChI is InChI=1S/C30H32N4O2/c1-20(2)33-29(35)28-15-23(18-32-19-28)14-27-16-26(7-4-21(27)3)30(36)34-12-10-25(11-13-34)24-8-5-22(17-31)6-9-24/h4-9,15-16,18-20,25H,10-14H2,1-3H3,(H,33,35). The average molecular weight is 481 g/mol. The monoisotopic (exact) mass is 480 g/mol. The van der Waals surface area contributed by atoms with Gasteiger partial charge in [0.15, 0.2) is 0 Å². The summed E-state index contributed by atoms with van der Waals surface area (Å²) in [7, 11) is 0. The zero-order valence-corrected chi connectivity index (χ0v) is 21.1. The number of benzene rings is 2. The van der Waals surface area contributed by atoms with Crippen molar-refractivity contribution in [1.29, 1.82) is 5.26 Å². The molecule has 0 bridgehead atoms. The zero-order chi connectivity index (χ0) is 25.7. The molecule has 6 heteroatoms. The van der Waals surface area contributed by atoms with Crippen LogP contribution in [0.3, 0.4) is 0 Å². The summed E-state index contributed by atoms with van der Waals surface area (Å²) in [6.07, 6.45) is 5.77. The van der Waals surface area contributed by atoms with Gasteiger partial charge in [0.25, 0.3) is 11.8 Å². The number of carbonyl (C=O) groups is 2. The number of hydrogen-bond acceptors (Lipinski definition) is 4. The fraction of sp³-hybridized carbons (Fsp3) is 0.333. The molecule has 1 fully saturated rings. The molecule has 36 heavy (non-hydrogen) atoms. The maximum Gasteiger partial charge on any atom is 0.253 e. The Balaban J connectivity index is 1.43. The van der Waals surface area contributed by atoms with Gasteiger partial charge >= 0.3 is 0 Å². The third-order valence-corrected chi connectivity index (χ3v) is 6.76. The van der Waals surface area contributed by atoms with E-state index in [2.05, 4.69) is 16.4 Å². The molecule has 2 amide bonds. The summed E-state index contributed by atoms with van der Waals surface area (Å²) in [5, 5.41) is 11.9. The van der Waals surface area contributed by atoms with E-state index in [1.165, 1.54) is 5.56 Å². The Morgan fingerprint density at radius 2 is 1.78 bits per heavy atom. The van der Waals surface area contributed by atoms with Crippen LogP contribution in [0, 0.1) is 18.3 Å². The molecule has 0 unspecified atom stereocenters. The van der Waals surface area contributed by atoms with E-state index in [9.17, 15) is 9.59 Å². The van der Waals surface area contributed by atoms with Crippen LogP contribution >= 0.6 is 0 Å². The molecule has 2 heterocycles. The first-order valence-electron chi connectivity index (χ1n) is 12.5. The summed E-state index contributed by atoms with van der Waals surface area (Å²) >= 11 is 0. The number of likely N-dealkylation sites (tertiary alicyclic amines) is 1. The van der Waals surface area contributed by atoms with E-state index in [4.69, 9.17) is 5.26 Å². The van der Waals surface area contributed by atoms with Crippen molar-refractivity contribution in [2.45, 2.75) is 52.0 Å². The lowest BCUT2D eigenvalue weighted by molar-refractivity contribution is 0.0712. The Morgan fingerprint density at radius 1 is 1.06 bits per heavy atom. The quantitative estimate of drug-likeness (QED) is 0.537. The Labute approximate surface area is 213 Å². The minimum Gasteiger partial charge on any atom is -0.350 e. The van der Waals surface area contributed by atoms with Gasteiger partial charge in [0, 0.05) is 37.1 Å². The molecule has 1 N–H and O–H groups in total. The second-order valence-corrected chi connectivity index (χ2v) is 9.83. The van der Waals surface area contributed by atoms with Crippen LogP contribution in [0.1, 0.15) is 81.1 Å². The lowest BCUT2D eigenvalue weighted by Crippen LogP contribution is -2.38. The van der Waals surface area contributed by atoms with Crippen LogP contribution in [0.2, 0.25) is 0 Å². The van der Waals surface area contributed by atoms with Gasteiger partial charge < -0.3 is 10.2 Å². The zero-order valence-electron chi connectivity index (χ0n) is 21.1. The molecular weight excluding hydrogens is 448 g/mol. The van der Waals surface area contributed by atoms with E-state index in [0.29, 0.717) is 42.1 Å². The average Bonchev–Trinajstić information content (AvgIpc) is 2.89. The highest BCUT2D eigenvalue weighted by atomic mass is 16.2. The van der Waals surface area contributed by atoms with Crippen molar-refractivity contribution in [2.75, 3.05) is 13.1 Å². The van der Waals surface area contributed by atoms with Gasteiger partial charge in [-0.05, 0) is 98.5 Å². The Morgan fingerprint density at radius 3 is 2.44 bits per heavy atom. The molecule has 1 aliphatic heterocycles. The summed E-state index contributed by atoms with van der Waals surface area (Å²) in [5.41, 5.74) is 6.21. The van der Waals surface area contributed by atoms with Gasteiger partial charge in [-0.3, -0.25) is 14.6 Å². The topological polar surface area (TPSA) is 86.1 Å². The van der Waals surface area contributed by atoms with Crippen LogP contribution in [0.25, 0.3) is 0 Å². The summed E-state index contributed by atoms with van der Waals surface area (Å²) < 4.78 is 0. The highest BCUT2D eigenvalue weighted by Gasteiger charge is 2.25. The number of nitriles is 1. The van der Waals surface area contributed by atoms with E-state index in [1.54, 1.807) is 12.4 Å². The van der Waals surface area contributed by atoms with E-state index in [-0.39, 0.29) is 17.9 Å². The Bertz CT molecular complexity index is 1280. The third-order valence-electron chi connectivity index (χ3n) is 6.76. The molecule has 0 aliphatic carbocycles. The van der Waals surface area contributed by atoms with Crippen LogP contribution in [0.15, 0.2) is 60.9 Å². The van der Waals surface area contributed by atoms with Gasteiger partial charge in [0.2, 0.25) is 0 Å². The van der Waals surface area contributed by atoms with Crippen molar-refractivity contribution in [3.63, 3.8) is 0 Å². The molecule has 0 atom stereocenters. The number of carbonyl (C=O) groups excluding carboxylic acids is 2. The molecule has 0 radical (unpaired) electrons. The fourth-order valence-electron chi connectivity index (χ4n) is 4.70. The van der Waals surface area contributed by atoms with Crippen molar-refractivity contribution >= 4 is 11.8 Å². The van der Waals surface area contributed by atoms with Crippen molar-refractivity contribution in [3.05, 3.63) is 99.9 Å². The molecule has 6 nitrogen and oxygen atoms in total. The minimum absolute atomic E-state index is 0.0534. The van der Waals surface area contributed by atoms with E-state index in [1.807, 2.05) is 74.2 Å². The van der Waals surface area contributed by atoms with Gasteiger partial charge in [0.05, 0.1) is 17.2 Å². The Hall–Kier alpha value is -3.98. The second-order valence-electron chi connectivity index (χ2n) is 9.83. The normalized spacial score (nSPS) is 13.9. The molecule has 1 aromatic heterocycles. The number of pyridine rings is 1. The molecule has 0 spiro atoms. The second kappa shape index (κ2) is 11.2. The first kappa shape index (κ1) is 25.1. The summed E-state index contributed by atoms with van der Waals surface area (Å²) in [6, 6.07) is 17.7. The number of aryl methyl sites for hydroxylation is 1. The third kappa shape index (κ3) is 5.98. The predicted octanol–water partition coefficient (Wildman–Crippen LogP) is 5.01. The molecule has 3 aromatic rings. The molecule has 1 saturated heterocycles. The van der Waals surface area contributed by atoms with E-state index in [0.717, 1.165) is 29.5 Å². The van der Waals surface area contributed by atoms with Crippen LogP contribution in [0.4, 0.5) is 0 Å². The number of rotatable bonds is 6. The first-order chi connectivity index (χ1) is 17.3. The largest absolute Gasteiger partial charge is 0.350 e. The smallest absolute Gasteiger partial charge is 0.253 e. The number of amides is 2. The number of nitrogens with zero attached hydrogens (tertiary/aromatic N) is 3. The van der Waals surface area contributed by atoms with Crippen molar-refractivity contribution in [1.82, 2.24) is 15.2 Å². The Kier molecular flexibility index (Phi) is 7.80. The van der Waals surface area contributed by atoms with Crippen LogP contribution in [0.5, 0.6) is 0 Å². The number of nitrogens with one attached hydrogen (secondary N) is 1. The van der Waals surface area contributed by atoms with E-state index >= 15 is 0 Å². The van der Waals surface area contributed by atoms with Crippen LogP contribution in [-0.2, 0) is 6.42 Å².